The Labute approximate surface area is 153 Å². The summed E-state index contributed by atoms with van der Waals surface area (Å²) in [4.78, 5) is 13.1. The maximum absolute atomic E-state index is 12.3. The SMILES string of the molecule is O=C(N[C@@H](Sc1ccccc1)C(Cl)(Cl)Cl)c1ccc(Cl)cc1. The van der Waals surface area contributed by atoms with Crippen LogP contribution in [-0.2, 0) is 0 Å². The van der Waals surface area contributed by atoms with Crippen molar-refractivity contribution in [1.82, 2.24) is 5.32 Å². The fourth-order valence-corrected chi connectivity index (χ4v) is 3.19. The minimum absolute atomic E-state index is 0.337. The highest BCUT2D eigenvalue weighted by atomic mass is 35.6. The Morgan fingerprint density at radius 3 is 2.14 bits per heavy atom. The molecule has 2 aromatic rings. The van der Waals surface area contributed by atoms with Crippen LogP contribution >= 0.6 is 58.2 Å². The van der Waals surface area contributed by atoms with Gasteiger partial charge in [0.1, 0.15) is 5.37 Å². The van der Waals surface area contributed by atoms with E-state index >= 15 is 0 Å². The lowest BCUT2D eigenvalue weighted by molar-refractivity contribution is 0.0950. The highest BCUT2D eigenvalue weighted by Gasteiger charge is 2.35. The van der Waals surface area contributed by atoms with Gasteiger partial charge in [0.25, 0.3) is 5.91 Å². The molecule has 0 bridgehead atoms. The second-order valence-corrected chi connectivity index (χ2v) is 8.32. The van der Waals surface area contributed by atoms with Crippen molar-refractivity contribution in [1.29, 1.82) is 0 Å². The lowest BCUT2D eigenvalue weighted by Gasteiger charge is -2.25. The average molecular weight is 395 g/mol. The molecular formula is C15H11Cl4NOS. The predicted octanol–water partition coefficient (Wildman–Crippen LogP) is 5.56. The number of carbonyl (C=O) groups is 1. The zero-order chi connectivity index (χ0) is 16.2. The molecular weight excluding hydrogens is 384 g/mol. The first kappa shape index (κ1) is 17.8. The number of alkyl halides is 3. The molecule has 0 unspecified atom stereocenters. The summed E-state index contributed by atoms with van der Waals surface area (Å²) in [6.07, 6.45) is 0. The van der Waals surface area contributed by atoms with E-state index in [0.717, 1.165) is 4.90 Å². The first-order valence-corrected chi connectivity index (χ1v) is 8.60. The van der Waals surface area contributed by atoms with Gasteiger partial charge in [0.2, 0.25) is 3.79 Å². The van der Waals surface area contributed by atoms with Gasteiger partial charge in [-0.05, 0) is 36.4 Å². The molecule has 2 nitrogen and oxygen atoms in total. The number of hydrogen-bond donors (Lipinski definition) is 1. The molecule has 0 saturated heterocycles. The molecule has 116 valence electrons. The lowest BCUT2D eigenvalue weighted by atomic mass is 10.2. The van der Waals surface area contributed by atoms with Gasteiger partial charge < -0.3 is 5.32 Å². The third-order valence-electron chi connectivity index (χ3n) is 2.66. The molecule has 1 N–H and O–H groups in total. The molecule has 7 heteroatoms. The van der Waals surface area contributed by atoms with E-state index in [9.17, 15) is 4.79 Å². The average Bonchev–Trinajstić information content (AvgIpc) is 2.47. The van der Waals surface area contributed by atoms with Crippen LogP contribution in [0.2, 0.25) is 5.02 Å². The highest BCUT2D eigenvalue weighted by molar-refractivity contribution is 8.00. The fraction of sp³-hybridized carbons (Fsp3) is 0.133. The molecule has 0 radical (unpaired) electrons. The smallest absolute Gasteiger partial charge is 0.252 e. The summed E-state index contributed by atoms with van der Waals surface area (Å²) in [6.45, 7) is 0. The lowest BCUT2D eigenvalue weighted by Crippen LogP contribution is -2.41. The van der Waals surface area contributed by atoms with Crippen molar-refractivity contribution in [2.24, 2.45) is 0 Å². The Morgan fingerprint density at radius 2 is 1.59 bits per heavy atom. The minimum Gasteiger partial charge on any atom is -0.336 e. The molecule has 0 aromatic heterocycles. The predicted molar refractivity (Wildman–Crippen MR) is 95.3 cm³/mol. The van der Waals surface area contributed by atoms with Crippen LogP contribution in [0.5, 0.6) is 0 Å². The van der Waals surface area contributed by atoms with Gasteiger partial charge in [-0.1, -0.05) is 76.4 Å². The Balaban J connectivity index is 2.13. The Kier molecular flexibility index (Phi) is 6.30. The standard InChI is InChI=1S/C15H11Cl4NOS/c16-11-8-6-10(7-9-11)13(21)20-14(15(17,18)19)22-12-4-2-1-3-5-12/h1-9,14H,(H,20,21)/t14-/m0/s1. The van der Waals surface area contributed by atoms with Crippen molar-refractivity contribution < 1.29 is 4.79 Å². The van der Waals surface area contributed by atoms with E-state index in [2.05, 4.69) is 5.32 Å². The molecule has 0 aliphatic carbocycles. The van der Waals surface area contributed by atoms with E-state index < -0.39 is 9.17 Å². The highest BCUT2D eigenvalue weighted by Crippen LogP contribution is 2.39. The van der Waals surface area contributed by atoms with E-state index in [-0.39, 0.29) is 5.91 Å². The number of thioether (sulfide) groups is 1. The largest absolute Gasteiger partial charge is 0.336 e. The number of hydrogen-bond acceptors (Lipinski definition) is 2. The van der Waals surface area contributed by atoms with Gasteiger partial charge in [-0.2, -0.15) is 0 Å². The summed E-state index contributed by atoms with van der Waals surface area (Å²) in [5.41, 5.74) is 0.442. The maximum atomic E-state index is 12.3. The summed E-state index contributed by atoms with van der Waals surface area (Å²) >= 11 is 25.0. The van der Waals surface area contributed by atoms with Crippen LogP contribution in [0.15, 0.2) is 59.5 Å². The zero-order valence-corrected chi connectivity index (χ0v) is 14.9. The van der Waals surface area contributed by atoms with Gasteiger partial charge in [-0.15, -0.1) is 0 Å². The van der Waals surface area contributed by atoms with Crippen molar-refractivity contribution in [3.63, 3.8) is 0 Å². The Morgan fingerprint density at radius 1 is 1.00 bits per heavy atom. The number of benzene rings is 2. The number of nitrogens with one attached hydrogen (secondary N) is 1. The van der Waals surface area contributed by atoms with Gasteiger partial charge in [0.15, 0.2) is 0 Å². The van der Waals surface area contributed by atoms with Crippen molar-refractivity contribution in [2.45, 2.75) is 14.1 Å². The van der Waals surface area contributed by atoms with Crippen molar-refractivity contribution in [3.8, 4) is 0 Å². The van der Waals surface area contributed by atoms with Gasteiger partial charge >= 0.3 is 0 Å². The number of carbonyl (C=O) groups excluding carboxylic acids is 1. The maximum Gasteiger partial charge on any atom is 0.252 e. The summed E-state index contributed by atoms with van der Waals surface area (Å²) in [5.74, 6) is -0.337. The number of halogens is 4. The second kappa shape index (κ2) is 7.80. The normalized spacial score (nSPS) is 12.7. The zero-order valence-electron chi connectivity index (χ0n) is 11.1. The Bertz CT molecular complexity index is 628. The monoisotopic (exact) mass is 393 g/mol. The minimum atomic E-state index is -1.65. The van der Waals surface area contributed by atoms with Crippen LogP contribution in [0.25, 0.3) is 0 Å². The molecule has 1 atom stereocenters. The van der Waals surface area contributed by atoms with E-state index in [0.29, 0.717) is 10.6 Å². The van der Waals surface area contributed by atoms with Gasteiger partial charge in [-0.25, -0.2) is 0 Å². The van der Waals surface area contributed by atoms with Crippen LogP contribution in [0.4, 0.5) is 0 Å². The summed E-state index contributed by atoms with van der Waals surface area (Å²) in [7, 11) is 0. The van der Waals surface area contributed by atoms with E-state index in [1.807, 2.05) is 30.3 Å². The quantitative estimate of drug-likeness (QED) is 0.417. The van der Waals surface area contributed by atoms with Gasteiger partial charge in [-0.3, -0.25) is 4.79 Å². The molecule has 0 saturated carbocycles. The molecule has 0 spiro atoms. The molecule has 1 amide bonds. The Hall–Kier alpha value is -0.580. The third kappa shape index (κ3) is 5.25. The number of rotatable bonds is 4. The van der Waals surface area contributed by atoms with E-state index in [1.165, 1.54) is 11.8 Å². The van der Waals surface area contributed by atoms with Crippen LogP contribution in [0.1, 0.15) is 10.4 Å². The fourth-order valence-electron chi connectivity index (χ4n) is 1.62. The van der Waals surface area contributed by atoms with Crippen LogP contribution in [-0.4, -0.2) is 15.1 Å². The molecule has 0 fully saturated rings. The first-order chi connectivity index (χ1) is 10.4. The summed E-state index contributed by atoms with van der Waals surface area (Å²) in [5, 5.41) is 2.54. The topological polar surface area (TPSA) is 29.1 Å². The summed E-state index contributed by atoms with van der Waals surface area (Å²) in [6, 6.07) is 15.9. The first-order valence-electron chi connectivity index (χ1n) is 6.21. The molecule has 0 heterocycles. The van der Waals surface area contributed by atoms with E-state index in [4.69, 9.17) is 46.4 Å². The van der Waals surface area contributed by atoms with Crippen LogP contribution in [0.3, 0.4) is 0 Å². The van der Waals surface area contributed by atoms with Crippen LogP contribution < -0.4 is 5.32 Å². The van der Waals surface area contributed by atoms with Crippen molar-refractivity contribution >= 4 is 64.1 Å². The molecule has 2 rings (SSSR count). The second-order valence-electron chi connectivity index (χ2n) is 4.33. The van der Waals surface area contributed by atoms with E-state index in [1.54, 1.807) is 24.3 Å². The third-order valence-corrected chi connectivity index (χ3v) is 5.21. The molecule has 22 heavy (non-hydrogen) atoms. The van der Waals surface area contributed by atoms with Crippen molar-refractivity contribution in [2.75, 3.05) is 0 Å². The number of amides is 1. The van der Waals surface area contributed by atoms with Gasteiger partial charge in [0.05, 0.1) is 0 Å². The molecule has 2 aromatic carbocycles. The molecule has 0 aliphatic heterocycles. The van der Waals surface area contributed by atoms with Crippen molar-refractivity contribution in [3.05, 3.63) is 65.2 Å². The summed E-state index contributed by atoms with van der Waals surface area (Å²) < 4.78 is -1.65. The van der Waals surface area contributed by atoms with Gasteiger partial charge in [0, 0.05) is 15.5 Å². The molecule has 0 aliphatic rings. The van der Waals surface area contributed by atoms with Crippen LogP contribution in [0, 0.1) is 0 Å².